The third kappa shape index (κ3) is 4.25. The zero-order chi connectivity index (χ0) is 18.5. The smallest absolute Gasteiger partial charge is 0.227 e. The molecule has 0 aromatic heterocycles. The molecular weight excluding hydrogens is 396 g/mol. The number of carbonyl (C=O) groups is 2. The summed E-state index contributed by atoms with van der Waals surface area (Å²) in [4.78, 5) is 26.1. The maximum absolute atomic E-state index is 12.3. The molecule has 0 atom stereocenters. The molecule has 2 aromatic rings. The molecule has 1 fully saturated rings. The van der Waals surface area contributed by atoms with Crippen LogP contribution in [0.15, 0.2) is 46.9 Å². The van der Waals surface area contributed by atoms with Crippen molar-refractivity contribution in [3.8, 4) is 5.75 Å². The third-order valence-corrected chi connectivity index (χ3v) is 5.18. The Balaban J connectivity index is 1.68. The van der Waals surface area contributed by atoms with E-state index >= 15 is 0 Å². The van der Waals surface area contributed by atoms with E-state index in [1.165, 1.54) is 0 Å². The van der Waals surface area contributed by atoms with Crippen LogP contribution in [0.4, 0.5) is 11.4 Å². The molecule has 0 unspecified atom stereocenters. The topological polar surface area (TPSA) is 58.6 Å². The Bertz CT molecular complexity index is 822. The van der Waals surface area contributed by atoms with Gasteiger partial charge in [-0.25, -0.2) is 0 Å². The van der Waals surface area contributed by atoms with Crippen LogP contribution in [0.5, 0.6) is 5.75 Å². The van der Waals surface area contributed by atoms with E-state index in [4.69, 9.17) is 4.74 Å². The van der Waals surface area contributed by atoms with Gasteiger partial charge >= 0.3 is 0 Å². The molecule has 1 aliphatic rings. The minimum absolute atomic E-state index is 0.0652. The van der Waals surface area contributed by atoms with Crippen molar-refractivity contribution in [2.24, 2.45) is 0 Å². The van der Waals surface area contributed by atoms with E-state index in [2.05, 4.69) is 21.2 Å². The van der Waals surface area contributed by atoms with Gasteiger partial charge in [-0.1, -0.05) is 34.1 Å². The van der Waals surface area contributed by atoms with Gasteiger partial charge < -0.3 is 15.0 Å². The van der Waals surface area contributed by atoms with Crippen molar-refractivity contribution in [3.63, 3.8) is 0 Å². The van der Waals surface area contributed by atoms with Gasteiger partial charge in [0.25, 0.3) is 0 Å². The van der Waals surface area contributed by atoms with Crippen LogP contribution < -0.4 is 15.0 Å². The summed E-state index contributed by atoms with van der Waals surface area (Å²) in [5, 5.41) is 2.91. The van der Waals surface area contributed by atoms with Crippen LogP contribution in [0.1, 0.15) is 24.8 Å². The average Bonchev–Trinajstić information content (AvgIpc) is 3.07. The van der Waals surface area contributed by atoms with Gasteiger partial charge in [-0.05, 0) is 42.7 Å². The molecule has 26 heavy (non-hydrogen) atoms. The van der Waals surface area contributed by atoms with Crippen molar-refractivity contribution in [1.82, 2.24) is 0 Å². The Morgan fingerprint density at radius 2 is 2.08 bits per heavy atom. The lowest BCUT2D eigenvalue weighted by atomic mass is 10.1. The molecule has 136 valence electrons. The summed E-state index contributed by atoms with van der Waals surface area (Å²) in [6.45, 7) is 0.675. The van der Waals surface area contributed by atoms with E-state index in [-0.39, 0.29) is 11.8 Å². The van der Waals surface area contributed by atoms with Gasteiger partial charge in [0.05, 0.1) is 12.8 Å². The summed E-state index contributed by atoms with van der Waals surface area (Å²) in [7, 11) is 1.58. The Hall–Kier alpha value is -2.34. The Labute approximate surface area is 161 Å². The second-order valence-electron chi connectivity index (χ2n) is 6.18. The van der Waals surface area contributed by atoms with Crippen LogP contribution in [0.2, 0.25) is 0 Å². The number of benzene rings is 2. The molecule has 0 bridgehead atoms. The number of nitrogens with zero attached hydrogens (tertiary/aromatic N) is 1. The SMILES string of the molecule is COc1ccc(NC(=O)CCc2ccccc2Br)cc1N1CCCC1=O. The van der Waals surface area contributed by atoms with Gasteiger partial charge in [0.1, 0.15) is 5.75 Å². The van der Waals surface area contributed by atoms with Gasteiger partial charge in [0.15, 0.2) is 0 Å². The lowest BCUT2D eigenvalue weighted by molar-refractivity contribution is -0.117. The Morgan fingerprint density at radius 1 is 1.27 bits per heavy atom. The van der Waals surface area contributed by atoms with Crippen molar-refractivity contribution in [1.29, 1.82) is 0 Å². The zero-order valence-electron chi connectivity index (χ0n) is 14.6. The van der Waals surface area contributed by atoms with Crippen LogP contribution in [-0.2, 0) is 16.0 Å². The third-order valence-electron chi connectivity index (χ3n) is 4.41. The molecule has 1 saturated heterocycles. The predicted octanol–water partition coefficient (Wildman–Crippen LogP) is 4.16. The van der Waals surface area contributed by atoms with Crippen LogP contribution in [0.3, 0.4) is 0 Å². The van der Waals surface area contributed by atoms with E-state index in [9.17, 15) is 9.59 Å². The lowest BCUT2D eigenvalue weighted by Gasteiger charge is -2.20. The summed E-state index contributed by atoms with van der Waals surface area (Å²) in [5.74, 6) is 0.650. The first-order valence-electron chi connectivity index (χ1n) is 8.60. The second-order valence-corrected chi connectivity index (χ2v) is 7.03. The fraction of sp³-hybridized carbons (Fsp3) is 0.300. The van der Waals surface area contributed by atoms with Crippen molar-refractivity contribution in [2.45, 2.75) is 25.7 Å². The fourth-order valence-electron chi connectivity index (χ4n) is 3.05. The first kappa shape index (κ1) is 18.5. The quantitative estimate of drug-likeness (QED) is 0.768. The van der Waals surface area contributed by atoms with Crippen LogP contribution >= 0.6 is 15.9 Å². The number of anilines is 2. The highest BCUT2D eigenvalue weighted by Crippen LogP contribution is 2.34. The minimum atomic E-state index is -0.0652. The van der Waals surface area contributed by atoms with E-state index in [1.54, 1.807) is 30.2 Å². The van der Waals surface area contributed by atoms with E-state index in [0.29, 0.717) is 42.9 Å². The highest BCUT2D eigenvalue weighted by Gasteiger charge is 2.24. The monoisotopic (exact) mass is 416 g/mol. The molecule has 1 aliphatic heterocycles. The van der Waals surface area contributed by atoms with Gasteiger partial charge in [0, 0.05) is 29.5 Å². The number of nitrogens with one attached hydrogen (secondary N) is 1. The van der Waals surface area contributed by atoms with Crippen molar-refractivity contribution in [3.05, 3.63) is 52.5 Å². The van der Waals surface area contributed by atoms with Crippen LogP contribution in [0, 0.1) is 0 Å². The van der Waals surface area contributed by atoms with E-state index in [0.717, 1.165) is 16.5 Å². The van der Waals surface area contributed by atoms with Crippen molar-refractivity contribution < 1.29 is 14.3 Å². The van der Waals surface area contributed by atoms with Crippen molar-refractivity contribution in [2.75, 3.05) is 23.9 Å². The first-order chi connectivity index (χ1) is 12.6. The summed E-state index contributed by atoms with van der Waals surface area (Å²) in [6, 6.07) is 13.3. The van der Waals surface area contributed by atoms with Crippen LogP contribution in [-0.4, -0.2) is 25.5 Å². The lowest BCUT2D eigenvalue weighted by Crippen LogP contribution is -2.24. The molecule has 1 N–H and O–H groups in total. The number of aryl methyl sites for hydroxylation is 1. The molecule has 2 amide bonds. The first-order valence-corrected chi connectivity index (χ1v) is 9.39. The molecular formula is C20H21BrN2O3. The molecule has 5 nitrogen and oxygen atoms in total. The molecule has 1 heterocycles. The summed E-state index contributed by atoms with van der Waals surface area (Å²) in [6.07, 6.45) is 2.42. The minimum Gasteiger partial charge on any atom is -0.495 e. The normalized spacial score (nSPS) is 13.8. The largest absolute Gasteiger partial charge is 0.495 e. The van der Waals surface area contributed by atoms with Gasteiger partial charge in [0.2, 0.25) is 11.8 Å². The molecule has 0 saturated carbocycles. The zero-order valence-corrected chi connectivity index (χ0v) is 16.2. The Morgan fingerprint density at radius 3 is 2.77 bits per heavy atom. The molecule has 6 heteroatoms. The average molecular weight is 417 g/mol. The molecule has 0 radical (unpaired) electrons. The molecule has 0 spiro atoms. The summed E-state index contributed by atoms with van der Waals surface area (Å²) >= 11 is 3.50. The summed E-state index contributed by atoms with van der Waals surface area (Å²) in [5.41, 5.74) is 2.47. The highest BCUT2D eigenvalue weighted by molar-refractivity contribution is 9.10. The fourth-order valence-corrected chi connectivity index (χ4v) is 3.54. The van der Waals surface area contributed by atoms with E-state index in [1.807, 2.05) is 24.3 Å². The number of hydrogen-bond donors (Lipinski definition) is 1. The van der Waals surface area contributed by atoms with Crippen molar-refractivity contribution >= 4 is 39.1 Å². The molecule has 2 aromatic carbocycles. The van der Waals surface area contributed by atoms with Gasteiger partial charge in [-0.15, -0.1) is 0 Å². The molecule has 0 aliphatic carbocycles. The molecule has 3 rings (SSSR count). The number of hydrogen-bond acceptors (Lipinski definition) is 3. The highest BCUT2D eigenvalue weighted by atomic mass is 79.9. The number of halogens is 1. The number of ether oxygens (including phenoxy) is 1. The second kappa shape index (κ2) is 8.36. The number of carbonyl (C=O) groups excluding carboxylic acids is 2. The number of methoxy groups -OCH3 is 1. The van der Waals surface area contributed by atoms with E-state index < -0.39 is 0 Å². The predicted molar refractivity (Wildman–Crippen MR) is 106 cm³/mol. The maximum Gasteiger partial charge on any atom is 0.227 e. The standard InChI is InChI=1S/C20H21BrN2O3/c1-26-18-10-9-15(13-17(18)23-12-4-7-20(23)25)22-19(24)11-8-14-5-2-3-6-16(14)21/h2-3,5-6,9-10,13H,4,7-8,11-12H2,1H3,(H,22,24). The van der Waals surface area contributed by atoms with Gasteiger partial charge in [-0.2, -0.15) is 0 Å². The summed E-state index contributed by atoms with van der Waals surface area (Å²) < 4.78 is 6.38. The number of rotatable bonds is 6. The van der Waals surface area contributed by atoms with Crippen LogP contribution in [0.25, 0.3) is 0 Å². The van der Waals surface area contributed by atoms with Gasteiger partial charge in [-0.3, -0.25) is 9.59 Å². The Kier molecular flexibility index (Phi) is 5.93. The number of amides is 2. The maximum atomic E-state index is 12.3.